The molecule has 1 N–H and O–H groups in total. The highest BCUT2D eigenvalue weighted by atomic mass is 79.9. The van der Waals surface area contributed by atoms with E-state index in [2.05, 4.69) is 47.3 Å². The van der Waals surface area contributed by atoms with Crippen molar-refractivity contribution in [2.45, 2.75) is 19.8 Å². The zero-order valence-corrected chi connectivity index (χ0v) is 24.6. The van der Waals surface area contributed by atoms with E-state index >= 15 is 0 Å². The molecule has 4 rings (SSSR count). The van der Waals surface area contributed by atoms with Crippen LogP contribution in [0.1, 0.15) is 31.2 Å². The number of hydrogen-bond acceptors (Lipinski definition) is 6. The molecule has 0 spiro atoms. The number of carbonyl (C=O) groups is 1. The first-order valence-electron chi connectivity index (χ1n) is 11.5. The number of nitrogens with one attached hydrogen (secondary N) is 1. The molecular weight excluding hydrogens is 640 g/mol. The fraction of sp³-hybridized carbons (Fsp3) is 0.185. The van der Waals surface area contributed by atoms with Gasteiger partial charge in [0.2, 0.25) is 0 Å². The van der Waals surface area contributed by atoms with Crippen molar-refractivity contribution < 1.29 is 14.3 Å². The van der Waals surface area contributed by atoms with Crippen molar-refractivity contribution in [3.63, 3.8) is 0 Å². The van der Waals surface area contributed by atoms with Crippen LogP contribution < -0.4 is 20.3 Å². The number of carbonyl (C=O) groups excluding carboxylic acids is 1. The Kier molecular flexibility index (Phi) is 8.86. The minimum atomic E-state index is -0.355. The van der Waals surface area contributed by atoms with E-state index in [-0.39, 0.29) is 34.8 Å². The summed E-state index contributed by atoms with van der Waals surface area (Å²) in [7, 11) is 1.46. The molecule has 0 aliphatic heterocycles. The highest BCUT2D eigenvalue weighted by molar-refractivity contribution is 9.10. The van der Waals surface area contributed by atoms with Gasteiger partial charge in [-0.1, -0.05) is 59.6 Å². The third-order valence-electron chi connectivity index (χ3n) is 5.44. The summed E-state index contributed by atoms with van der Waals surface area (Å²) in [5, 5.41) is 7.83. The molecule has 1 aromatic heterocycles. The largest absolute Gasteiger partial charge is 0.493 e. The maximum atomic E-state index is 13.3. The third kappa shape index (κ3) is 6.09. The first-order chi connectivity index (χ1) is 18.2. The number of amides is 1. The predicted octanol–water partition coefficient (Wildman–Crippen LogP) is 6.61. The zero-order valence-electron chi connectivity index (χ0n) is 20.7. The second-order valence-corrected chi connectivity index (χ2v) is 10.6. The Morgan fingerprint density at radius 3 is 2.61 bits per heavy atom. The first kappa shape index (κ1) is 27.8. The number of aromatic nitrogens is 2. The number of methoxy groups -OCH3 is 1. The summed E-state index contributed by atoms with van der Waals surface area (Å²) in [4.78, 5) is 30.3. The average molecular weight is 663 g/mol. The van der Waals surface area contributed by atoms with Crippen LogP contribution in [0.25, 0.3) is 10.9 Å². The number of halogens is 3. The summed E-state index contributed by atoms with van der Waals surface area (Å²) >= 11 is 13.5. The van der Waals surface area contributed by atoms with Gasteiger partial charge in [0.05, 0.1) is 24.2 Å². The van der Waals surface area contributed by atoms with Crippen LogP contribution in [0.15, 0.2) is 73.4 Å². The summed E-state index contributed by atoms with van der Waals surface area (Å²) < 4.78 is 13.7. The molecule has 0 saturated heterocycles. The lowest BCUT2D eigenvalue weighted by Crippen LogP contribution is -2.23. The molecule has 3 aromatic carbocycles. The standard InChI is InChI=1S/C27H23Br2ClN4O4/c1-15(2)26-33-20-10-9-17(28)12-19(20)27(36)34(26)31-13-16-11-21(37-3)25(24(30)23(16)29)38-14-22(35)32-18-7-5-4-6-8-18/h4-13,15H,14H2,1-3H3,(H,32,35). The van der Waals surface area contributed by atoms with Crippen molar-refractivity contribution in [2.24, 2.45) is 5.10 Å². The summed E-state index contributed by atoms with van der Waals surface area (Å²) in [5.74, 6) is 0.585. The molecule has 0 unspecified atom stereocenters. The number of rotatable bonds is 8. The molecule has 0 bridgehead atoms. The van der Waals surface area contributed by atoms with Gasteiger partial charge in [0.25, 0.3) is 11.5 Å². The zero-order chi connectivity index (χ0) is 27.4. The van der Waals surface area contributed by atoms with Gasteiger partial charge in [-0.3, -0.25) is 9.59 Å². The van der Waals surface area contributed by atoms with Gasteiger partial charge >= 0.3 is 0 Å². The Morgan fingerprint density at radius 2 is 1.92 bits per heavy atom. The molecule has 0 saturated carbocycles. The molecule has 1 amide bonds. The van der Waals surface area contributed by atoms with Crippen LogP contribution in [0, 0.1) is 0 Å². The number of para-hydroxylation sites is 1. The van der Waals surface area contributed by atoms with Crippen LogP contribution in [0.2, 0.25) is 5.02 Å². The average Bonchev–Trinajstić information content (AvgIpc) is 2.90. The van der Waals surface area contributed by atoms with Gasteiger partial charge < -0.3 is 14.8 Å². The van der Waals surface area contributed by atoms with E-state index in [1.807, 2.05) is 38.1 Å². The smallest absolute Gasteiger partial charge is 0.282 e. The molecule has 0 radical (unpaired) electrons. The van der Waals surface area contributed by atoms with E-state index in [0.717, 1.165) is 4.47 Å². The molecule has 8 nitrogen and oxygen atoms in total. The van der Waals surface area contributed by atoms with Crippen LogP contribution in [0.3, 0.4) is 0 Å². The molecule has 4 aromatic rings. The number of ether oxygens (including phenoxy) is 2. The predicted molar refractivity (Wildman–Crippen MR) is 157 cm³/mol. The van der Waals surface area contributed by atoms with E-state index in [0.29, 0.717) is 38.2 Å². The van der Waals surface area contributed by atoms with Crippen molar-refractivity contribution in [2.75, 3.05) is 19.0 Å². The molecule has 196 valence electrons. The molecule has 0 aliphatic rings. The lowest BCUT2D eigenvalue weighted by molar-refractivity contribution is -0.118. The summed E-state index contributed by atoms with van der Waals surface area (Å²) in [6.45, 7) is 3.60. The molecule has 1 heterocycles. The topological polar surface area (TPSA) is 94.8 Å². The van der Waals surface area contributed by atoms with Gasteiger partial charge in [-0.25, -0.2) is 4.98 Å². The Morgan fingerprint density at radius 1 is 1.18 bits per heavy atom. The second-order valence-electron chi connectivity index (χ2n) is 8.48. The Balaban J connectivity index is 1.65. The van der Waals surface area contributed by atoms with Crippen molar-refractivity contribution in [1.82, 2.24) is 9.66 Å². The van der Waals surface area contributed by atoms with E-state index in [1.54, 1.807) is 30.3 Å². The molecule has 38 heavy (non-hydrogen) atoms. The summed E-state index contributed by atoms with van der Waals surface area (Å²) in [6.07, 6.45) is 1.49. The van der Waals surface area contributed by atoms with Gasteiger partial charge in [-0.2, -0.15) is 9.78 Å². The number of nitrogens with zero attached hydrogens (tertiary/aromatic N) is 3. The van der Waals surface area contributed by atoms with Crippen molar-refractivity contribution in [3.05, 3.63) is 90.3 Å². The maximum absolute atomic E-state index is 13.3. The fourth-order valence-corrected chi connectivity index (χ4v) is 4.63. The minimum Gasteiger partial charge on any atom is -0.493 e. The first-order valence-corrected chi connectivity index (χ1v) is 13.5. The normalized spacial score (nSPS) is 11.3. The van der Waals surface area contributed by atoms with Gasteiger partial charge in [-0.05, 0) is 52.3 Å². The van der Waals surface area contributed by atoms with Crippen LogP contribution >= 0.6 is 43.5 Å². The lowest BCUT2D eigenvalue weighted by Gasteiger charge is -2.15. The summed E-state index contributed by atoms with van der Waals surface area (Å²) in [6, 6.07) is 16.0. The van der Waals surface area contributed by atoms with Gasteiger partial charge in [-0.15, -0.1) is 0 Å². The Bertz CT molecular complexity index is 1590. The fourth-order valence-electron chi connectivity index (χ4n) is 3.61. The quantitative estimate of drug-likeness (QED) is 0.215. The number of hydrogen-bond donors (Lipinski definition) is 1. The van der Waals surface area contributed by atoms with Gasteiger partial charge in [0.15, 0.2) is 18.1 Å². The molecule has 0 fully saturated rings. The molecule has 11 heteroatoms. The Labute approximate surface area is 240 Å². The number of fused-ring (bicyclic) bond motifs is 1. The number of benzene rings is 3. The SMILES string of the molecule is COc1cc(C=Nn2c(C(C)C)nc3ccc(Br)cc3c2=O)c(Br)c(Cl)c1OCC(=O)Nc1ccccc1. The van der Waals surface area contributed by atoms with Crippen LogP contribution in [-0.2, 0) is 4.79 Å². The van der Waals surface area contributed by atoms with E-state index in [9.17, 15) is 9.59 Å². The van der Waals surface area contributed by atoms with Crippen molar-refractivity contribution in [3.8, 4) is 11.5 Å². The Hall–Kier alpha value is -3.21. The van der Waals surface area contributed by atoms with Crippen LogP contribution in [-0.4, -0.2) is 35.5 Å². The third-order valence-corrected chi connectivity index (χ3v) is 7.38. The van der Waals surface area contributed by atoms with E-state index < -0.39 is 0 Å². The molecule has 0 atom stereocenters. The minimum absolute atomic E-state index is 0.0627. The van der Waals surface area contributed by atoms with Crippen LogP contribution in [0.5, 0.6) is 11.5 Å². The van der Waals surface area contributed by atoms with Crippen molar-refractivity contribution in [1.29, 1.82) is 0 Å². The van der Waals surface area contributed by atoms with Crippen LogP contribution in [0.4, 0.5) is 5.69 Å². The highest BCUT2D eigenvalue weighted by Gasteiger charge is 2.19. The monoisotopic (exact) mass is 660 g/mol. The van der Waals surface area contributed by atoms with E-state index in [4.69, 9.17) is 21.1 Å². The highest BCUT2D eigenvalue weighted by Crippen LogP contribution is 2.42. The van der Waals surface area contributed by atoms with Crippen molar-refractivity contribution >= 4 is 72.2 Å². The lowest BCUT2D eigenvalue weighted by atomic mass is 10.2. The molecular formula is C27H23Br2ClN4O4. The van der Waals surface area contributed by atoms with E-state index in [1.165, 1.54) is 18.0 Å². The number of anilines is 1. The van der Waals surface area contributed by atoms with Gasteiger partial charge in [0.1, 0.15) is 10.8 Å². The summed E-state index contributed by atoms with van der Waals surface area (Å²) in [5.41, 5.74) is 1.48. The maximum Gasteiger partial charge on any atom is 0.282 e. The van der Waals surface area contributed by atoms with Gasteiger partial charge in [0, 0.05) is 26.1 Å². The molecule has 0 aliphatic carbocycles. The second kappa shape index (κ2) is 12.1.